The minimum atomic E-state index is -3.47. The van der Waals surface area contributed by atoms with Crippen molar-refractivity contribution in [3.8, 4) is 0 Å². The lowest BCUT2D eigenvalue weighted by Gasteiger charge is -2.30. The Balaban J connectivity index is 1.71. The fraction of sp³-hybridized carbons (Fsp3) is 0.280. The highest BCUT2D eigenvalue weighted by molar-refractivity contribution is 7.95. The van der Waals surface area contributed by atoms with E-state index in [1.165, 1.54) is 15.9 Å². The molecule has 0 amide bonds. The summed E-state index contributed by atoms with van der Waals surface area (Å²) in [5.74, 6) is 0. The molecule has 2 atom stereocenters. The summed E-state index contributed by atoms with van der Waals surface area (Å²) in [4.78, 5) is 0. The molecule has 0 unspecified atom stereocenters. The van der Waals surface area contributed by atoms with Gasteiger partial charge in [-0.05, 0) is 49.2 Å². The van der Waals surface area contributed by atoms with Crippen molar-refractivity contribution in [2.45, 2.75) is 25.0 Å². The highest BCUT2D eigenvalue weighted by Crippen LogP contribution is 2.56. The van der Waals surface area contributed by atoms with Gasteiger partial charge in [0.1, 0.15) is 23.2 Å². The van der Waals surface area contributed by atoms with Gasteiger partial charge < -0.3 is 4.74 Å². The Morgan fingerprint density at radius 3 is 1.61 bits per heavy atom. The fourth-order valence-electron chi connectivity index (χ4n) is 4.35. The zero-order chi connectivity index (χ0) is 21.7. The third kappa shape index (κ3) is 5.24. The van der Waals surface area contributed by atoms with Crippen LogP contribution in [0.25, 0.3) is 0 Å². The number of hydrogen-bond acceptors (Lipinski definition) is 4. The van der Waals surface area contributed by atoms with E-state index in [0.717, 1.165) is 25.3 Å². The molecule has 1 aliphatic rings. The van der Waals surface area contributed by atoms with Crippen LogP contribution in [0.15, 0.2) is 91.0 Å². The number of rotatable bonds is 8. The van der Waals surface area contributed by atoms with Gasteiger partial charge >= 0.3 is 0 Å². The predicted octanol–water partition coefficient (Wildman–Crippen LogP) is 3.50. The summed E-state index contributed by atoms with van der Waals surface area (Å²) in [7, 11) is -5.43. The Hall–Kier alpha value is -2.04. The van der Waals surface area contributed by atoms with Gasteiger partial charge in [0.2, 0.25) is 0 Å². The maximum absolute atomic E-state index is 11.4. The maximum Gasteiger partial charge on any atom is 0.264 e. The summed E-state index contributed by atoms with van der Waals surface area (Å²) >= 11 is 0. The van der Waals surface area contributed by atoms with Crippen LogP contribution in [0.2, 0.25) is 0 Å². The van der Waals surface area contributed by atoms with E-state index in [4.69, 9.17) is 8.92 Å². The van der Waals surface area contributed by atoms with E-state index >= 15 is 0 Å². The second-order valence-corrected chi connectivity index (χ2v) is 13.1. The molecule has 1 heterocycles. The smallest absolute Gasteiger partial charge is 0.264 e. The molecule has 1 aliphatic heterocycles. The van der Waals surface area contributed by atoms with E-state index in [0.29, 0.717) is 0 Å². The fourth-order valence-corrected chi connectivity index (χ4v) is 9.20. The minimum absolute atomic E-state index is 0.0436. The molecule has 31 heavy (non-hydrogen) atoms. The summed E-state index contributed by atoms with van der Waals surface area (Å²) < 4.78 is 34.1. The quantitative estimate of drug-likeness (QED) is 0.385. The number of ether oxygens (including phenoxy) is 1. The second kappa shape index (κ2) is 9.62. The number of benzene rings is 3. The highest BCUT2D eigenvalue weighted by Gasteiger charge is 2.48. The topological polar surface area (TPSA) is 52.6 Å². The van der Waals surface area contributed by atoms with Gasteiger partial charge in [-0.15, -0.1) is 0 Å². The maximum atomic E-state index is 11.4. The second-order valence-electron chi connectivity index (χ2n) is 7.95. The van der Waals surface area contributed by atoms with Crippen LogP contribution in [-0.4, -0.2) is 39.7 Å². The van der Waals surface area contributed by atoms with Crippen LogP contribution in [0.3, 0.4) is 0 Å². The van der Waals surface area contributed by atoms with Gasteiger partial charge in [-0.3, -0.25) is 4.18 Å². The van der Waals surface area contributed by atoms with Crippen molar-refractivity contribution in [1.82, 2.24) is 0 Å². The van der Waals surface area contributed by atoms with Crippen molar-refractivity contribution in [2.24, 2.45) is 0 Å². The minimum Gasteiger partial charge on any atom is -0.369 e. The third-order valence-corrected chi connectivity index (χ3v) is 10.8. The van der Waals surface area contributed by atoms with Gasteiger partial charge in [0.05, 0.1) is 31.2 Å². The lowest BCUT2D eigenvalue weighted by Crippen LogP contribution is -2.37. The average molecular weight is 456 g/mol. The molecule has 0 spiro atoms. The molecule has 3 aromatic carbocycles. The molecule has 4 rings (SSSR count). The van der Waals surface area contributed by atoms with Crippen molar-refractivity contribution in [2.75, 3.05) is 19.0 Å². The van der Waals surface area contributed by atoms with Gasteiger partial charge in [-0.2, -0.15) is 8.42 Å². The first-order valence-corrected chi connectivity index (χ1v) is 14.3. The van der Waals surface area contributed by atoms with Gasteiger partial charge in [0.15, 0.2) is 0 Å². The molecule has 162 valence electrons. The van der Waals surface area contributed by atoms with Crippen molar-refractivity contribution in [3.63, 3.8) is 0 Å². The molecular formula is C25H28O4PS+. The Morgan fingerprint density at radius 2 is 1.19 bits per heavy atom. The van der Waals surface area contributed by atoms with E-state index in [-0.39, 0.29) is 18.8 Å². The summed E-state index contributed by atoms with van der Waals surface area (Å²) in [6.45, 7) is 0.0861. The standard InChI is InChI=1S/C25H28O4PS/c1-31(26,27)28-19-21-17-18-22(29-21)20-30(23-11-5-2-6-12-23,24-13-7-3-8-14-24)25-15-9-4-10-16-25/h2-16,21-22H,17-20H2,1H3/q+1/t21-,22-/m1/s1. The molecule has 0 aliphatic carbocycles. The summed E-state index contributed by atoms with van der Waals surface area (Å²) in [6, 6.07) is 32.2. The molecule has 1 fully saturated rings. The molecule has 4 nitrogen and oxygen atoms in total. The largest absolute Gasteiger partial charge is 0.369 e. The van der Waals surface area contributed by atoms with Crippen LogP contribution in [-0.2, 0) is 19.0 Å². The van der Waals surface area contributed by atoms with E-state index in [2.05, 4.69) is 91.0 Å². The van der Waals surface area contributed by atoms with Crippen LogP contribution >= 0.6 is 7.26 Å². The summed E-state index contributed by atoms with van der Waals surface area (Å²) in [5, 5.41) is 3.98. The van der Waals surface area contributed by atoms with E-state index in [1.54, 1.807) is 0 Å². The Kier molecular flexibility index (Phi) is 6.88. The van der Waals surface area contributed by atoms with Crippen LogP contribution in [0.5, 0.6) is 0 Å². The zero-order valence-electron chi connectivity index (χ0n) is 17.6. The normalized spacial score (nSPS) is 19.4. The zero-order valence-corrected chi connectivity index (χ0v) is 19.3. The predicted molar refractivity (Wildman–Crippen MR) is 129 cm³/mol. The van der Waals surface area contributed by atoms with Crippen molar-refractivity contribution in [1.29, 1.82) is 0 Å². The van der Waals surface area contributed by atoms with Gasteiger partial charge in [-0.25, -0.2) is 0 Å². The van der Waals surface area contributed by atoms with Crippen LogP contribution < -0.4 is 15.9 Å². The van der Waals surface area contributed by atoms with Crippen LogP contribution in [0.1, 0.15) is 12.8 Å². The van der Waals surface area contributed by atoms with E-state index in [9.17, 15) is 8.42 Å². The lowest BCUT2D eigenvalue weighted by molar-refractivity contribution is 0.0298. The monoisotopic (exact) mass is 455 g/mol. The van der Waals surface area contributed by atoms with Crippen molar-refractivity contribution >= 4 is 33.3 Å². The van der Waals surface area contributed by atoms with Gasteiger partial charge in [0, 0.05) is 0 Å². The molecule has 0 saturated carbocycles. The number of hydrogen-bond donors (Lipinski definition) is 0. The van der Waals surface area contributed by atoms with E-state index in [1.807, 2.05) is 0 Å². The van der Waals surface area contributed by atoms with E-state index < -0.39 is 17.4 Å². The third-order valence-electron chi connectivity index (χ3n) is 5.73. The Bertz CT molecular complexity index is 976. The molecule has 0 bridgehead atoms. The van der Waals surface area contributed by atoms with Gasteiger partial charge in [0.25, 0.3) is 10.1 Å². The molecular weight excluding hydrogens is 427 g/mol. The summed E-state index contributed by atoms with van der Waals surface area (Å²) in [6.07, 6.45) is 3.51. The van der Waals surface area contributed by atoms with Crippen molar-refractivity contribution in [3.05, 3.63) is 91.0 Å². The van der Waals surface area contributed by atoms with Crippen LogP contribution in [0, 0.1) is 0 Å². The molecule has 0 N–H and O–H groups in total. The Labute approximate surface area is 185 Å². The molecule has 6 heteroatoms. The van der Waals surface area contributed by atoms with Crippen LogP contribution in [0.4, 0.5) is 0 Å². The van der Waals surface area contributed by atoms with Crippen molar-refractivity contribution < 1.29 is 17.3 Å². The van der Waals surface area contributed by atoms with Gasteiger partial charge in [-0.1, -0.05) is 54.6 Å². The first-order chi connectivity index (χ1) is 15.0. The molecule has 1 saturated heterocycles. The first-order valence-electron chi connectivity index (χ1n) is 10.5. The summed E-state index contributed by atoms with van der Waals surface area (Å²) in [5.41, 5.74) is 0. The Morgan fingerprint density at radius 1 is 0.774 bits per heavy atom. The molecule has 3 aromatic rings. The first kappa shape index (κ1) is 22.2. The SMILES string of the molecule is CS(=O)(=O)OC[C@H]1CC[C@H](C[P+](c2ccccc2)(c2ccccc2)c2ccccc2)O1. The molecule has 0 aromatic heterocycles. The lowest BCUT2D eigenvalue weighted by atomic mass is 10.2. The molecule has 0 radical (unpaired) electrons. The average Bonchev–Trinajstić information content (AvgIpc) is 3.25. The highest BCUT2D eigenvalue weighted by atomic mass is 32.2.